The SMILES string of the molecule is CCOc1ccccc1NC(=O)C(C)N1Cc2ccccc2C1=O. The van der Waals surface area contributed by atoms with E-state index in [1.54, 1.807) is 30.0 Å². The zero-order valence-electron chi connectivity index (χ0n) is 13.8. The molecule has 2 aromatic carbocycles. The van der Waals surface area contributed by atoms with E-state index in [9.17, 15) is 9.59 Å². The van der Waals surface area contributed by atoms with E-state index in [1.807, 2.05) is 37.3 Å². The van der Waals surface area contributed by atoms with Crippen LogP contribution in [0.4, 0.5) is 5.69 Å². The molecule has 0 spiro atoms. The first kappa shape index (κ1) is 16.1. The average molecular weight is 324 g/mol. The first-order valence-corrected chi connectivity index (χ1v) is 8.03. The Kier molecular flexibility index (Phi) is 4.51. The summed E-state index contributed by atoms with van der Waals surface area (Å²) in [6, 6.07) is 14.2. The second kappa shape index (κ2) is 6.74. The number of carbonyl (C=O) groups excluding carboxylic acids is 2. The highest BCUT2D eigenvalue weighted by atomic mass is 16.5. The van der Waals surface area contributed by atoms with Crippen LogP contribution in [0.3, 0.4) is 0 Å². The summed E-state index contributed by atoms with van der Waals surface area (Å²) in [5.41, 5.74) is 2.24. The Morgan fingerprint density at radius 1 is 1.21 bits per heavy atom. The highest BCUT2D eigenvalue weighted by Gasteiger charge is 2.33. The topological polar surface area (TPSA) is 58.6 Å². The Hall–Kier alpha value is -2.82. The van der Waals surface area contributed by atoms with Gasteiger partial charge in [-0.15, -0.1) is 0 Å². The van der Waals surface area contributed by atoms with E-state index in [1.165, 1.54) is 0 Å². The predicted molar refractivity (Wildman–Crippen MR) is 92.0 cm³/mol. The molecule has 0 aromatic heterocycles. The van der Waals surface area contributed by atoms with E-state index < -0.39 is 6.04 Å². The number of nitrogens with one attached hydrogen (secondary N) is 1. The molecule has 0 fully saturated rings. The first-order valence-electron chi connectivity index (χ1n) is 8.03. The maximum absolute atomic E-state index is 12.6. The number of amides is 2. The molecule has 0 radical (unpaired) electrons. The van der Waals surface area contributed by atoms with Crippen molar-refractivity contribution in [3.8, 4) is 5.75 Å². The minimum absolute atomic E-state index is 0.105. The van der Waals surface area contributed by atoms with Crippen molar-refractivity contribution in [2.24, 2.45) is 0 Å². The second-order valence-corrected chi connectivity index (χ2v) is 5.68. The van der Waals surface area contributed by atoms with Crippen LogP contribution in [0.5, 0.6) is 5.75 Å². The van der Waals surface area contributed by atoms with E-state index in [-0.39, 0.29) is 11.8 Å². The van der Waals surface area contributed by atoms with E-state index in [2.05, 4.69) is 5.32 Å². The molecule has 5 nitrogen and oxygen atoms in total. The molecule has 1 aliphatic rings. The van der Waals surface area contributed by atoms with Gasteiger partial charge in [-0.3, -0.25) is 9.59 Å². The molecule has 1 N–H and O–H groups in total. The van der Waals surface area contributed by atoms with E-state index in [0.29, 0.717) is 30.2 Å². The monoisotopic (exact) mass is 324 g/mol. The second-order valence-electron chi connectivity index (χ2n) is 5.68. The Morgan fingerprint density at radius 2 is 1.92 bits per heavy atom. The van der Waals surface area contributed by atoms with Gasteiger partial charge in [0.2, 0.25) is 5.91 Å². The zero-order valence-corrected chi connectivity index (χ0v) is 13.8. The van der Waals surface area contributed by atoms with Crippen molar-refractivity contribution in [1.82, 2.24) is 4.90 Å². The fourth-order valence-corrected chi connectivity index (χ4v) is 2.82. The van der Waals surface area contributed by atoms with Crippen molar-refractivity contribution in [1.29, 1.82) is 0 Å². The number of hydrogen-bond donors (Lipinski definition) is 1. The summed E-state index contributed by atoms with van der Waals surface area (Å²) < 4.78 is 5.52. The van der Waals surface area contributed by atoms with Crippen LogP contribution in [0, 0.1) is 0 Å². The summed E-state index contributed by atoms with van der Waals surface area (Å²) in [6.07, 6.45) is 0. The number of para-hydroxylation sites is 2. The van der Waals surface area contributed by atoms with Crippen molar-refractivity contribution in [3.63, 3.8) is 0 Å². The molecule has 0 saturated carbocycles. The van der Waals surface area contributed by atoms with Crippen LogP contribution in [-0.2, 0) is 11.3 Å². The minimum atomic E-state index is -0.570. The normalized spacial score (nSPS) is 14.2. The highest BCUT2D eigenvalue weighted by molar-refractivity contribution is 6.03. The molecule has 2 amide bonds. The summed E-state index contributed by atoms with van der Waals surface area (Å²) in [4.78, 5) is 26.7. The summed E-state index contributed by atoms with van der Waals surface area (Å²) in [6.45, 7) is 4.60. The number of nitrogens with zero attached hydrogens (tertiary/aromatic N) is 1. The van der Waals surface area contributed by atoms with E-state index in [0.717, 1.165) is 5.56 Å². The molecule has 124 valence electrons. The number of fused-ring (bicyclic) bond motifs is 1. The van der Waals surface area contributed by atoms with Gasteiger partial charge in [-0.05, 0) is 37.6 Å². The summed E-state index contributed by atoms with van der Waals surface area (Å²) in [5, 5.41) is 2.86. The van der Waals surface area contributed by atoms with Gasteiger partial charge in [-0.25, -0.2) is 0 Å². The van der Waals surface area contributed by atoms with Gasteiger partial charge in [0.1, 0.15) is 11.8 Å². The minimum Gasteiger partial charge on any atom is -0.492 e. The van der Waals surface area contributed by atoms with E-state index >= 15 is 0 Å². The quantitative estimate of drug-likeness (QED) is 0.919. The Bertz CT molecular complexity index is 773. The lowest BCUT2D eigenvalue weighted by Gasteiger charge is -2.23. The Balaban J connectivity index is 1.74. The van der Waals surface area contributed by atoms with Gasteiger partial charge in [-0.1, -0.05) is 30.3 Å². The molecule has 0 saturated heterocycles. The van der Waals surface area contributed by atoms with Gasteiger partial charge in [-0.2, -0.15) is 0 Å². The Morgan fingerprint density at radius 3 is 2.67 bits per heavy atom. The van der Waals surface area contributed by atoms with Crippen LogP contribution >= 0.6 is 0 Å². The molecular weight excluding hydrogens is 304 g/mol. The number of benzene rings is 2. The number of rotatable bonds is 5. The molecule has 0 bridgehead atoms. The van der Waals surface area contributed by atoms with Crippen LogP contribution in [0.15, 0.2) is 48.5 Å². The highest BCUT2D eigenvalue weighted by Crippen LogP contribution is 2.27. The zero-order chi connectivity index (χ0) is 17.1. The van der Waals surface area contributed by atoms with Crippen molar-refractivity contribution in [2.75, 3.05) is 11.9 Å². The third kappa shape index (κ3) is 2.97. The molecular formula is C19H20N2O3. The summed E-state index contributed by atoms with van der Waals surface area (Å²) in [7, 11) is 0. The van der Waals surface area contributed by atoms with Crippen molar-refractivity contribution in [2.45, 2.75) is 26.4 Å². The first-order chi connectivity index (χ1) is 11.6. The third-order valence-corrected chi connectivity index (χ3v) is 4.14. The molecule has 1 aliphatic heterocycles. The molecule has 1 atom stereocenters. The van der Waals surface area contributed by atoms with Gasteiger partial charge in [0.05, 0.1) is 12.3 Å². The molecule has 1 heterocycles. The van der Waals surface area contributed by atoms with E-state index in [4.69, 9.17) is 4.74 Å². The fraction of sp³-hybridized carbons (Fsp3) is 0.263. The lowest BCUT2D eigenvalue weighted by Crippen LogP contribution is -2.42. The third-order valence-electron chi connectivity index (χ3n) is 4.14. The van der Waals surface area contributed by atoms with Gasteiger partial charge in [0.25, 0.3) is 5.91 Å². The lowest BCUT2D eigenvalue weighted by molar-refractivity contribution is -0.120. The standard InChI is InChI=1S/C19H20N2O3/c1-3-24-17-11-7-6-10-16(17)20-18(22)13(2)21-12-14-8-4-5-9-15(14)19(21)23/h4-11,13H,3,12H2,1-2H3,(H,20,22). The number of carbonyl (C=O) groups is 2. The average Bonchev–Trinajstić information content (AvgIpc) is 2.93. The number of hydrogen-bond acceptors (Lipinski definition) is 3. The summed E-state index contributed by atoms with van der Waals surface area (Å²) >= 11 is 0. The van der Waals surface area contributed by atoms with Gasteiger partial charge in [0, 0.05) is 12.1 Å². The predicted octanol–water partition coefficient (Wildman–Crippen LogP) is 3.07. The van der Waals surface area contributed by atoms with Crippen molar-refractivity contribution in [3.05, 3.63) is 59.7 Å². The van der Waals surface area contributed by atoms with Crippen molar-refractivity contribution < 1.29 is 14.3 Å². The van der Waals surface area contributed by atoms with Gasteiger partial charge >= 0.3 is 0 Å². The molecule has 3 rings (SSSR count). The van der Waals surface area contributed by atoms with Crippen LogP contribution in [0.25, 0.3) is 0 Å². The largest absolute Gasteiger partial charge is 0.492 e. The lowest BCUT2D eigenvalue weighted by atomic mass is 10.1. The van der Waals surface area contributed by atoms with Gasteiger partial charge in [0.15, 0.2) is 0 Å². The summed E-state index contributed by atoms with van der Waals surface area (Å²) in [5.74, 6) is 0.284. The van der Waals surface area contributed by atoms with Crippen molar-refractivity contribution >= 4 is 17.5 Å². The van der Waals surface area contributed by atoms with Crippen LogP contribution in [-0.4, -0.2) is 29.4 Å². The smallest absolute Gasteiger partial charge is 0.255 e. The molecule has 1 unspecified atom stereocenters. The molecule has 0 aliphatic carbocycles. The van der Waals surface area contributed by atoms with Crippen LogP contribution < -0.4 is 10.1 Å². The maximum atomic E-state index is 12.6. The van der Waals surface area contributed by atoms with Gasteiger partial charge < -0.3 is 15.0 Å². The molecule has 2 aromatic rings. The molecule has 5 heteroatoms. The number of ether oxygens (including phenoxy) is 1. The molecule has 24 heavy (non-hydrogen) atoms. The maximum Gasteiger partial charge on any atom is 0.255 e. The fourth-order valence-electron chi connectivity index (χ4n) is 2.82. The number of anilines is 1. The Labute approximate surface area is 141 Å². The van der Waals surface area contributed by atoms with Crippen LogP contribution in [0.1, 0.15) is 29.8 Å². The van der Waals surface area contributed by atoms with Crippen LogP contribution in [0.2, 0.25) is 0 Å².